The first-order valence-electron chi connectivity index (χ1n) is 4.24. The van der Waals surface area contributed by atoms with Crippen LogP contribution in [-0.2, 0) is 4.74 Å². The SMILES string of the molecule is C[C@@H]1C(C)(C)NC(=S)O[C@]1(C)C#N. The van der Waals surface area contributed by atoms with E-state index in [1.165, 1.54) is 0 Å². The molecule has 2 atom stereocenters. The van der Waals surface area contributed by atoms with Crippen LogP contribution in [0.5, 0.6) is 0 Å². The minimum Gasteiger partial charge on any atom is -0.449 e. The van der Waals surface area contributed by atoms with Crippen LogP contribution < -0.4 is 5.32 Å². The molecular weight excluding hydrogens is 184 g/mol. The Balaban J connectivity index is 3.03. The average molecular weight is 198 g/mol. The molecule has 3 nitrogen and oxygen atoms in total. The Kier molecular flexibility index (Phi) is 2.25. The van der Waals surface area contributed by atoms with Crippen molar-refractivity contribution in [3.8, 4) is 6.07 Å². The Labute approximate surface area is 84.1 Å². The van der Waals surface area contributed by atoms with Gasteiger partial charge in [0.25, 0.3) is 5.17 Å². The van der Waals surface area contributed by atoms with Crippen molar-refractivity contribution in [3.05, 3.63) is 0 Å². The molecule has 1 fully saturated rings. The van der Waals surface area contributed by atoms with Gasteiger partial charge in [-0.3, -0.25) is 0 Å². The van der Waals surface area contributed by atoms with Gasteiger partial charge in [0.05, 0.1) is 0 Å². The lowest BCUT2D eigenvalue weighted by atomic mass is 9.76. The third-order valence-corrected chi connectivity index (χ3v) is 3.05. The Morgan fingerprint density at radius 3 is 2.54 bits per heavy atom. The smallest absolute Gasteiger partial charge is 0.258 e. The number of thiocarbonyl (C=S) groups is 1. The van der Waals surface area contributed by atoms with Gasteiger partial charge in [0, 0.05) is 11.5 Å². The molecule has 0 aromatic heterocycles. The van der Waals surface area contributed by atoms with Gasteiger partial charge in [0.1, 0.15) is 6.07 Å². The molecule has 0 amide bonds. The highest BCUT2D eigenvalue weighted by Crippen LogP contribution is 2.34. The van der Waals surface area contributed by atoms with Gasteiger partial charge in [0.2, 0.25) is 0 Å². The molecule has 0 spiro atoms. The zero-order chi connectivity index (χ0) is 10.3. The van der Waals surface area contributed by atoms with Crippen molar-refractivity contribution in [2.45, 2.75) is 38.8 Å². The fourth-order valence-electron chi connectivity index (χ4n) is 1.49. The van der Waals surface area contributed by atoms with E-state index in [0.29, 0.717) is 5.17 Å². The van der Waals surface area contributed by atoms with Crippen molar-refractivity contribution in [2.75, 3.05) is 0 Å². The Morgan fingerprint density at radius 1 is 1.54 bits per heavy atom. The third-order valence-electron chi connectivity index (χ3n) is 2.86. The minimum absolute atomic E-state index is 0.0803. The number of nitriles is 1. The van der Waals surface area contributed by atoms with Gasteiger partial charge in [0.15, 0.2) is 5.60 Å². The molecule has 72 valence electrons. The molecule has 1 aliphatic rings. The number of nitrogens with one attached hydrogen (secondary N) is 1. The highest BCUT2D eigenvalue weighted by atomic mass is 32.1. The molecule has 0 saturated carbocycles. The van der Waals surface area contributed by atoms with E-state index in [-0.39, 0.29) is 11.5 Å². The van der Waals surface area contributed by atoms with E-state index in [1.807, 2.05) is 20.8 Å². The van der Waals surface area contributed by atoms with E-state index >= 15 is 0 Å². The molecule has 0 aromatic rings. The Bertz CT molecular complexity index is 282. The molecule has 1 aliphatic heterocycles. The summed E-state index contributed by atoms with van der Waals surface area (Å²) in [6.07, 6.45) is 0. The van der Waals surface area contributed by atoms with Crippen molar-refractivity contribution in [1.82, 2.24) is 5.32 Å². The molecule has 4 heteroatoms. The van der Waals surface area contributed by atoms with Crippen LogP contribution in [0.4, 0.5) is 0 Å². The minimum atomic E-state index is -0.814. The highest BCUT2D eigenvalue weighted by Gasteiger charge is 2.47. The lowest BCUT2D eigenvalue weighted by Gasteiger charge is -2.46. The van der Waals surface area contributed by atoms with Crippen LogP contribution in [0.1, 0.15) is 27.7 Å². The van der Waals surface area contributed by atoms with Gasteiger partial charge in [-0.2, -0.15) is 5.26 Å². The van der Waals surface area contributed by atoms with Gasteiger partial charge in [-0.05, 0) is 33.0 Å². The maximum Gasteiger partial charge on any atom is 0.258 e. The molecule has 1 saturated heterocycles. The largest absolute Gasteiger partial charge is 0.449 e. The van der Waals surface area contributed by atoms with Crippen LogP contribution in [0.25, 0.3) is 0 Å². The first-order valence-corrected chi connectivity index (χ1v) is 4.65. The van der Waals surface area contributed by atoms with Crippen molar-refractivity contribution >= 4 is 17.4 Å². The second-order valence-corrected chi connectivity index (χ2v) is 4.55. The first-order chi connectivity index (χ1) is 5.82. The van der Waals surface area contributed by atoms with E-state index < -0.39 is 5.60 Å². The summed E-state index contributed by atoms with van der Waals surface area (Å²) in [5.41, 5.74) is -1.01. The summed E-state index contributed by atoms with van der Waals surface area (Å²) < 4.78 is 5.33. The monoisotopic (exact) mass is 198 g/mol. The lowest BCUT2D eigenvalue weighted by molar-refractivity contribution is 0.00228. The lowest BCUT2D eigenvalue weighted by Crippen LogP contribution is -2.62. The topological polar surface area (TPSA) is 45.0 Å². The number of ether oxygens (including phenoxy) is 1. The molecular formula is C9H14N2OS. The molecule has 0 radical (unpaired) electrons. The summed E-state index contributed by atoms with van der Waals surface area (Å²) in [5.74, 6) is 0.0803. The fourth-order valence-corrected chi connectivity index (χ4v) is 1.92. The summed E-state index contributed by atoms with van der Waals surface area (Å²) in [4.78, 5) is 0. The molecule has 0 aromatic carbocycles. The van der Waals surface area contributed by atoms with Crippen LogP contribution in [0.3, 0.4) is 0 Å². The maximum absolute atomic E-state index is 9.01. The van der Waals surface area contributed by atoms with Crippen LogP contribution in [0.15, 0.2) is 0 Å². The second-order valence-electron chi connectivity index (χ2n) is 4.18. The normalized spacial score (nSPS) is 37.2. The van der Waals surface area contributed by atoms with Crippen molar-refractivity contribution in [1.29, 1.82) is 5.26 Å². The number of rotatable bonds is 0. The van der Waals surface area contributed by atoms with Crippen LogP contribution in [0.2, 0.25) is 0 Å². The zero-order valence-corrected chi connectivity index (χ0v) is 9.16. The van der Waals surface area contributed by atoms with E-state index in [1.54, 1.807) is 6.92 Å². The molecule has 1 heterocycles. The van der Waals surface area contributed by atoms with E-state index in [0.717, 1.165) is 0 Å². The maximum atomic E-state index is 9.01. The van der Waals surface area contributed by atoms with Crippen molar-refractivity contribution in [2.24, 2.45) is 5.92 Å². The van der Waals surface area contributed by atoms with Crippen LogP contribution in [-0.4, -0.2) is 16.3 Å². The van der Waals surface area contributed by atoms with Crippen molar-refractivity contribution < 1.29 is 4.74 Å². The van der Waals surface area contributed by atoms with E-state index in [4.69, 9.17) is 22.2 Å². The Hall–Kier alpha value is -0.820. The summed E-state index contributed by atoms with van der Waals surface area (Å²) in [5, 5.41) is 12.4. The van der Waals surface area contributed by atoms with Crippen molar-refractivity contribution in [3.63, 3.8) is 0 Å². The number of hydrogen-bond donors (Lipinski definition) is 1. The van der Waals surface area contributed by atoms with E-state index in [2.05, 4.69) is 11.4 Å². The van der Waals surface area contributed by atoms with Crippen LogP contribution in [0, 0.1) is 17.2 Å². The molecule has 1 N–H and O–H groups in total. The highest BCUT2D eigenvalue weighted by molar-refractivity contribution is 7.80. The summed E-state index contributed by atoms with van der Waals surface area (Å²) >= 11 is 4.94. The predicted octanol–water partition coefficient (Wildman–Crippen LogP) is 1.59. The predicted molar refractivity (Wildman–Crippen MR) is 54.1 cm³/mol. The average Bonchev–Trinajstić information content (AvgIpc) is 1.99. The zero-order valence-electron chi connectivity index (χ0n) is 8.34. The first kappa shape index (κ1) is 10.3. The fraction of sp³-hybridized carbons (Fsp3) is 0.778. The standard InChI is InChI=1S/C9H14N2OS/c1-6-8(2,3)11-7(13)12-9(6,4)5-10/h6H,1-4H3,(H,11,13)/t6-,9-/m1/s1. The number of hydrogen-bond acceptors (Lipinski definition) is 3. The third kappa shape index (κ3) is 1.61. The number of nitrogens with zero attached hydrogens (tertiary/aromatic N) is 1. The van der Waals surface area contributed by atoms with E-state index in [9.17, 15) is 0 Å². The Morgan fingerprint density at radius 2 is 2.08 bits per heavy atom. The summed E-state index contributed by atoms with van der Waals surface area (Å²) in [6, 6.07) is 2.17. The van der Waals surface area contributed by atoms with Gasteiger partial charge in [-0.25, -0.2) is 0 Å². The molecule has 0 aliphatic carbocycles. The van der Waals surface area contributed by atoms with Gasteiger partial charge < -0.3 is 10.1 Å². The second kappa shape index (κ2) is 2.85. The summed E-state index contributed by atoms with van der Waals surface area (Å²) in [6.45, 7) is 7.79. The van der Waals surface area contributed by atoms with Gasteiger partial charge in [-0.15, -0.1) is 0 Å². The van der Waals surface area contributed by atoms with Gasteiger partial charge >= 0.3 is 0 Å². The molecule has 1 rings (SSSR count). The van der Waals surface area contributed by atoms with Crippen LogP contribution >= 0.6 is 12.2 Å². The molecule has 0 bridgehead atoms. The molecule has 13 heavy (non-hydrogen) atoms. The summed E-state index contributed by atoms with van der Waals surface area (Å²) in [7, 11) is 0. The van der Waals surface area contributed by atoms with Gasteiger partial charge in [-0.1, -0.05) is 6.92 Å². The quantitative estimate of drug-likeness (QED) is 0.600. The molecule has 0 unspecified atom stereocenters.